The Balaban J connectivity index is -0.000000180. The molecule has 0 aromatic rings. The van der Waals surface area contributed by atoms with E-state index in [0.717, 1.165) is 0 Å². The monoisotopic (exact) mass is 340 g/mol. The van der Waals surface area contributed by atoms with E-state index in [2.05, 4.69) is 0 Å². The summed E-state index contributed by atoms with van der Waals surface area (Å²) in [5.41, 5.74) is -1.39. The van der Waals surface area contributed by atoms with E-state index in [0.29, 0.717) is 0 Å². The first-order chi connectivity index (χ1) is 5.89. The maximum absolute atomic E-state index is 9.91. The number of hydrogen-bond donors (Lipinski definition) is 0. The summed E-state index contributed by atoms with van der Waals surface area (Å²) in [6, 6.07) is 0. The number of rotatable bonds is 0. The second-order valence-electron chi connectivity index (χ2n) is 5.07. The van der Waals surface area contributed by atoms with Gasteiger partial charge in [-0.3, -0.25) is 0 Å². The van der Waals surface area contributed by atoms with Crippen molar-refractivity contribution in [3.63, 3.8) is 0 Å². The van der Waals surface area contributed by atoms with Crippen molar-refractivity contribution in [3.05, 3.63) is 0 Å². The molecule has 0 aromatic carbocycles. The summed E-state index contributed by atoms with van der Waals surface area (Å²) >= 11 is 0. The van der Waals surface area contributed by atoms with Crippen LogP contribution in [0.2, 0.25) is 0 Å². The molecule has 0 N–H and O–H groups in total. The maximum atomic E-state index is 9.91. The van der Waals surface area contributed by atoms with Crippen molar-refractivity contribution in [2.75, 3.05) is 0 Å². The van der Waals surface area contributed by atoms with Crippen molar-refractivity contribution in [2.24, 2.45) is 10.8 Å². The Morgan fingerprint density at radius 1 is 0.733 bits per heavy atom. The molecule has 0 aromatic heterocycles. The number of carbonyl (C=O) groups excluding carboxylic acids is 2. The van der Waals surface area contributed by atoms with E-state index in [9.17, 15) is 19.8 Å². The molecule has 0 saturated heterocycles. The summed E-state index contributed by atoms with van der Waals surface area (Å²) in [6.45, 7) is 9.60. The van der Waals surface area contributed by atoms with E-state index in [1.165, 1.54) is 0 Å². The van der Waals surface area contributed by atoms with Gasteiger partial charge in [0.25, 0.3) is 0 Å². The van der Waals surface area contributed by atoms with Crippen LogP contribution in [0.3, 0.4) is 0 Å². The van der Waals surface area contributed by atoms with Gasteiger partial charge < -0.3 is 19.8 Å². The molecule has 0 fully saturated rings. The van der Waals surface area contributed by atoms with Crippen LogP contribution in [0.4, 0.5) is 0 Å². The first-order valence-electron chi connectivity index (χ1n) is 4.32. The Kier molecular flexibility index (Phi) is 10.8. The first kappa shape index (κ1) is 20.9. The Labute approximate surface area is 132 Å². The van der Waals surface area contributed by atoms with Gasteiger partial charge in [-0.2, -0.15) is 0 Å². The summed E-state index contributed by atoms with van der Waals surface area (Å²) < 4.78 is 0. The average Bonchev–Trinajstić information content (AvgIpc) is 1.83. The zero-order valence-corrected chi connectivity index (χ0v) is 14.8. The van der Waals surface area contributed by atoms with E-state index in [1.807, 2.05) is 0 Å². The molecule has 0 radical (unpaired) electrons. The SMILES string of the molecule is CC(C)(C)C(=O)[O-].CC(C)(C)C(=O)[O-].[Ba+2]. The second-order valence-corrected chi connectivity index (χ2v) is 5.07. The molecular formula is C10H18BaO4. The molecule has 0 amide bonds. The van der Waals surface area contributed by atoms with Gasteiger partial charge in [-0.05, 0) is 0 Å². The van der Waals surface area contributed by atoms with Crippen molar-refractivity contribution in [2.45, 2.75) is 41.5 Å². The molecule has 0 spiro atoms. The largest absolute Gasteiger partial charge is 2.00 e. The molecule has 0 saturated carbocycles. The van der Waals surface area contributed by atoms with Crippen LogP contribution in [-0.4, -0.2) is 60.8 Å². The van der Waals surface area contributed by atoms with Crippen LogP contribution >= 0.6 is 0 Å². The van der Waals surface area contributed by atoms with E-state index in [4.69, 9.17) is 0 Å². The van der Waals surface area contributed by atoms with Gasteiger partial charge >= 0.3 is 48.9 Å². The fraction of sp³-hybridized carbons (Fsp3) is 0.800. The minimum Gasteiger partial charge on any atom is -0.550 e. The third kappa shape index (κ3) is 14.5. The van der Waals surface area contributed by atoms with Crippen molar-refractivity contribution >= 4 is 60.8 Å². The van der Waals surface area contributed by atoms with Crippen molar-refractivity contribution in [3.8, 4) is 0 Å². The molecule has 15 heavy (non-hydrogen) atoms. The fourth-order valence-electron chi connectivity index (χ4n) is 0. The number of aliphatic carboxylic acids is 2. The third-order valence-electron chi connectivity index (χ3n) is 1.22. The number of carboxylic acids is 2. The zero-order valence-electron chi connectivity index (χ0n) is 10.3. The standard InChI is InChI=1S/2C5H10O2.Ba/c2*1-5(2,3)4(6)7;/h2*1-3H3,(H,6,7);/q;;+2/p-2. The van der Waals surface area contributed by atoms with Gasteiger partial charge in [0, 0.05) is 22.8 Å². The maximum Gasteiger partial charge on any atom is 2.00 e. The summed E-state index contributed by atoms with van der Waals surface area (Å²) in [5.74, 6) is -2.01. The summed E-state index contributed by atoms with van der Waals surface area (Å²) in [4.78, 5) is 19.8. The number of hydrogen-bond acceptors (Lipinski definition) is 4. The van der Waals surface area contributed by atoms with Crippen LogP contribution in [0.1, 0.15) is 41.5 Å². The Morgan fingerprint density at radius 2 is 0.800 bits per heavy atom. The molecule has 5 heteroatoms. The van der Waals surface area contributed by atoms with Gasteiger partial charge in [0.1, 0.15) is 0 Å². The van der Waals surface area contributed by atoms with E-state index >= 15 is 0 Å². The molecule has 84 valence electrons. The smallest absolute Gasteiger partial charge is 0.550 e. The van der Waals surface area contributed by atoms with Gasteiger partial charge in [-0.25, -0.2) is 0 Å². The molecule has 0 atom stereocenters. The zero-order chi connectivity index (χ0) is 12.2. The van der Waals surface area contributed by atoms with Gasteiger partial charge in [0.2, 0.25) is 0 Å². The van der Waals surface area contributed by atoms with Crippen LogP contribution in [0.5, 0.6) is 0 Å². The average molecular weight is 340 g/mol. The van der Waals surface area contributed by atoms with Crippen molar-refractivity contribution in [1.29, 1.82) is 0 Å². The topological polar surface area (TPSA) is 80.3 Å². The summed E-state index contributed by atoms with van der Waals surface area (Å²) in [5, 5.41) is 19.8. The molecular weight excluding hydrogens is 321 g/mol. The quantitative estimate of drug-likeness (QED) is 0.540. The predicted molar refractivity (Wildman–Crippen MR) is 54.7 cm³/mol. The van der Waals surface area contributed by atoms with Crippen LogP contribution in [-0.2, 0) is 9.59 Å². The van der Waals surface area contributed by atoms with Crippen molar-refractivity contribution in [1.82, 2.24) is 0 Å². The summed E-state index contributed by atoms with van der Waals surface area (Å²) in [7, 11) is 0. The number of carbonyl (C=O) groups is 2. The molecule has 0 unspecified atom stereocenters. The molecule has 0 aliphatic rings. The Bertz CT molecular complexity index is 186. The molecule has 0 aliphatic heterocycles. The predicted octanol–water partition coefficient (Wildman–Crippen LogP) is -0.816. The van der Waals surface area contributed by atoms with Gasteiger partial charge in [0.15, 0.2) is 0 Å². The van der Waals surface area contributed by atoms with Crippen LogP contribution in [0.25, 0.3) is 0 Å². The Hall–Kier alpha value is 0.511. The van der Waals surface area contributed by atoms with E-state index < -0.39 is 22.8 Å². The first-order valence-corrected chi connectivity index (χ1v) is 4.32. The van der Waals surface area contributed by atoms with Gasteiger partial charge in [-0.15, -0.1) is 0 Å². The van der Waals surface area contributed by atoms with E-state index in [1.54, 1.807) is 41.5 Å². The van der Waals surface area contributed by atoms with E-state index in [-0.39, 0.29) is 48.9 Å². The molecule has 4 nitrogen and oxygen atoms in total. The molecule has 0 rings (SSSR count). The van der Waals surface area contributed by atoms with Gasteiger partial charge in [0.05, 0.1) is 0 Å². The van der Waals surface area contributed by atoms with Crippen LogP contribution in [0, 0.1) is 10.8 Å². The van der Waals surface area contributed by atoms with Gasteiger partial charge in [-0.1, -0.05) is 41.5 Å². The normalized spacial score (nSPS) is 10.5. The van der Waals surface area contributed by atoms with Crippen LogP contribution < -0.4 is 10.2 Å². The fourth-order valence-corrected chi connectivity index (χ4v) is 0. The van der Waals surface area contributed by atoms with Crippen molar-refractivity contribution < 1.29 is 19.8 Å². The number of carboxylic acid groups (broad SMARTS) is 2. The molecule has 0 heterocycles. The van der Waals surface area contributed by atoms with Crippen LogP contribution in [0.15, 0.2) is 0 Å². The Morgan fingerprint density at radius 3 is 0.800 bits per heavy atom. The third-order valence-corrected chi connectivity index (χ3v) is 1.22. The molecule has 0 bridgehead atoms. The summed E-state index contributed by atoms with van der Waals surface area (Å²) in [6.07, 6.45) is 0. The second kappa shape index (κ2) is 7.73. The minimum absolute atomic E-state index is 0. The molecule has 0 aliphatic carbocycles. The minimum atomic E-state index is -1.01.